The van der Waals surface area contributed by atoms with Crippen molar-refractivity contribution in [2.45, 2.75) is 45.6 Å². The third kappa shape index (κ3) is 6.72. The van der Waals surface area contributed by atoms with Crippen LogP contribution in [0, 0.1) is 0 Å². The molecule has 3 heteroatoms. The Labute approximate surface area is 111 Å². The molecule has 0 bridgehead atoms. The first kappa shape index (κ1) is 15.1. The molecule has 0 aromatic carbocycles. The average molecular weight is 250 g/mol. The maximum Gasteiger partial charge on any atom is 0.0480 e. The number of hydrogen-bond acceptors (Lipinski definition) is 3. The Bertz CT molecular complexity index is 290. The van der Waals surface area contributed by atoms with Gasteiger partial charge in [0.15, 0.2) is 0 Å². The molecule has 0 saturated heterocycles. The molecule has 0 aliphatic rings. The number of hydrogen-bond donors (Lipinski definition) is 1. The molecule has 1 atom stereocenters. The van der Waals surface area contributed by atoms with E-state index in [9.17, 15) is 0 Å². The van der Waals surface area contributed by atoms with Crippen LogP contribution in [-0.4, -0.2) is 30.8 Å². The predicted molar refractivity (Wildman–Crippen MR) is 75.7 cm³/mol. The molecule has 0 amide bonds. The molecule has 3 nitrogen and oxygen atoms in total. The summed E-state index contributed by atoms with van der Waals surface area (Å²) >= 11 is 0. The summed E-state index contributed by atoms with van der Waals surface area (Å²) in [4.78, 5) is 4.17. The van der Waals surface area contributed by atoms with Crippen molar-refractivity contribution >= 4 is 0 Å². The van der Waals surface area contributed by atoms with Crippen molar-refractivity contribution < 1.29 is 4.74 Å². The van der Waals surface area contributed by atoms with Gasteiger partial charge < -0.3 is 10.1 Å². The minimum absolute atomic E-state index is 0.492. The Balaban J connectivity index is 2.35. The highest BCUT2D eigenvalue weighted by Gasteiger charge is 2.08. The summed E-state index contributed by atoms with van der Waals surface area (Å²) in [5, 5.41) is 3.59. The first-order valence-electron chi connectivity index (χ1n) is 7.06. The van der Waals surface area contributed by atoms with Gasteiger partial charge in [-0.15, -0.1) is 0 Å². The second kappa shape index (κ2) is 10.0. The molecule has 0 radical (unpaired) electrons. The molecule has 102 valence electrons. The summed E-state index contributed by atoms with van der Waals surface area (Å²) in [7, 11) is 0. The van der Waals surface area contributed by atoms with E-state index in [0.29, 0.717) is 6.04 Å². The van der Waals surface area contributed by atoms with Gasteiger partial charge in [0.25, 0.3) is 0 Å². The van der Waals surface area contributed by atoms with Crippen molar-refractivity contribution in [1.29, 1.82) is 0 Å². The van der Waals surface area contributed by atoms with Gasteiger partial charge in [0.1, 0.15) is 0 Å². The third-order valence-electron chi connectivity index (χ3n) is 2.85. The molecule has 1 rings (SSSR count). The molecular formula is C15H26N2O. The van der Waals surface area contributed by atoms with E-state index in [-0.39, 0.29) is 0 Å². The number of nitrogens with zero attached hydrogens (tertiary/aromatic N) is 1. The van der Waals surface area contributed by atoms with Crippen LogP contribution in [0.15, 0.2) is 24.5 Å². The number of nitrogens with one attached hydrogen (secondary N) is 1. The van der Waals surface area contributed by atoms with Crippen molar-refractivity contribution in [3.63, 3.8) is 0 Å². The van der Waals surface area contributed by atoms with Crippen LogP contribution >= 0.6 is 0 Å². The SMILES string of the molecule is CCCNC(CCOCCC)Cc1cccnc1. The van der Waals surface area contributed by atoms with Crippen molar-refractivity contribution in [2.24, 2.45) is 0 Å². The standard InChI is InChI=1S/C15H26N2O/c1-3-8-17-15(7-11-18-10-4-2)12-14-6-5-9-16-13-14/h5-6,9,13,15,17H,3-4,7-8,10-12H2,1-2H3. The summed E-state index contributed by atoms with van der Waals surface area (Å²) in [5.41, 5.74) is 1.29. The lowest BCUT2D eigenvalue weighted by Gasteiger charge is -2.18. The highest BCUT2D eigenvalue weighted by atomic mass is 16.5. The predicted octanol–water partition coefficient (Wildman–Crippen LogP) is 2.81. The fourth-order valence-electron chi connectivity index (χ4n) is 1.90. The summed E-state index contributed by atoms with van der Waals surface area (Å²) in [5.74, 6) is 0. The molecule has 0 saturated carbocycles. The number of ether oxygens (including phenoxy) is 1. The first-order chi connectivity index (χ1) is 8.86. The zero-order chi connectivity index (χ0) is 13.1. The zero-order valence-electron chi connectivity index (χ0n) is 11.7. The quantitative estimate of drug-likeness (QED) is 0.648. The van der Waals surface area contributed by atoms with E-state index in [0.717, 1.165) is 39.0 Å². The van der Waals surface area contributed by atoms with E-state index in [1.807, 2.05) is 18.5 Å². The van der Waals surface area contributed by atoms with E-state index < -0.39 is 0 Å². The van der Waals surface area contributed by atoms with Gasteiger partial charge >= 0.3 is 0 Å². The molecule has 1 unspecified atom stereocenters. The lowest BCUT2D eigenvalue weighted by molar-refractivity contribution is 0.124. The van der Waals surface area contributed by atoms with Gasteiger partial charge in [0.2, 0.25) is 0 Å². The van der Waals surface area contributed by atoms with Gasteiger partial charge in [-0.3, -0.25) is 4.98 Å². The lowest BCUT2D eigenvalue weighted by atomic mass is 10.1. The van der Waals surface area contributed by atoms with Gasteiger partial charge in [-0.1, -0.05) is 19.9 Å². The van der Waals surface area contributed by atoms with E-state index in [4.69, 9.17) is 4.74 Å². The van der Waals surface area contributed by atoms with E-state index >= 15 is 0 Å². The Kier molecular flexibility index (Phi) is 8.43. The molecule has 1 aromatic heterocycles. The molecule has 18 heavy (non-hydrogen) atoms. The molecule has 1 N–H and O–H groups in total. The number of rotatable bonds is 10. The van der Waals surface area contributed by atoms with Gasteiger partial charge in [0.05, 0.1) is 0 Å². The molecule has 1 heterocycles. The van der Waals surface area contributed by atoms with Crippen molar-refractivity contribution in [1.82, 2.24) is 10.3 Å². The van der Waals surface area contributed by atoms with Gasteiger partial charge in [0, 0.05) is 31.6 Å². The van der Waals surface area contributed by atoms with E-state index in [1.54, 1.807) is 0 Å². The van der Waals surface area contributed by atoms with E-state index in [2.05, 4.69) is 30.2 Å². The zero-order valence-corrected chi connectivity index (χ0v) is 11.7. The topological polar surface area (TPSA) is 34.1 Å². The highest BCUT2D eigenvalue weighted by Crippen LogP contribution is 2.05. The van der Waals surface area contributed by atoms with Crippen LogP contribution in [-0.2, 0) is 11.2 Å². The fourth-order valence-corrected chi connectivity index (χ4v) is 1.90. The summed E-state index contributed by atoms with van der Waals surface area (Å²) in [6, 6.07) is 4.63. The van der Waals surface area contributed by atoms with E-state index in [1.165, 1.54) is 12.0 Å². The smallest absolute Gasteiger partial charge is 0.0480 e. The first-order valence-corrected chi connectivity index (χ1v) is 7.06. The van der Waals surface area contributed by atoms with Crippen LogP contribution < -0.4 is 5.32 Å². The van der Waals surface area contributed by atoms with Gasteiger partial charge in [-0.05, 0) is 43.9 Å². The summed E-state index contributed by atoms with van der Waals surface area (Å²) in [6.07, 6.45) is 8.13. The van der Waals surface area contributed by atoms with Crippen molar-refractivity contribution in [3.8, 4) is 0 Å². The Morgan fingerprint density at radius 1 is 1.28 bits per heavy atom. The van der Waals surface area contributed by atoms with Gasteiger partial charge in [-0.25, -0.2) is 0 Å². The van der Waals surface area contributed by atoms with Crippen LogP contribution in [0.5, 0.6) is 0 Å². The fraction of sp³-hybridized carbons (Fsp3) is 0.667. The third-order valence-corrected chi connectivity index (χ3v) is 2.85. The minimum Gasteiger partial charge on any atom is -0.381 e. The Morgan fingerprint density at radius 2 is 2.17 bits per heavy atom. The maximum absolute atomic E-state index is 5.58. The van der Waals surface area contributed by atoms with Crippen molar-refractivity contribution in [3.05, 3.63) is 30.1 Å². The highest BCUT2D eigenvalue weighted by molar-refractivity contribution is 5.10. The van der Waals surface area contributed by atoms with Crippen LogP contribution in [0.2, 0.25) is 0 Å². The second-order valence-corrected chi connectivity index (χ2v) is 4.62. The Hall–Kier alpha value is -0.930. The monoisotopic (exact) mass is 250 g/mol. The van der Waals surface area contributed by atoms with Crippen LogP contribution in [0.3, 0.4) is 0 Å². The van der Waals surface area contributed by atoms with Crippen LogP contribution in [0.25, 0.3) is 0 Å². The molecule has 1 aromatic rings. The molecule has 0 aliphatic carbocycles. The largest absolute Gasteiger partial charge is 0.381 e. The molecular weight excluding hydrogens is 224 g/mol. The number of pyridine rings is 1. The molecule has 0 fully saturated rings. The van der Waals surface area contributed by atoms with Gasteiger partial charge in [-0.2, -0.15) is 0 Å². The minimum atomic E-state index is 0.492. The van der Waals surface area contributed by atoms with Crippen molar-refractivity contribution in [2.75, 3.05) is 19.8 Å². The average Bonchev–Trinajstić information content (AvgIpc) is 2.41. The number of aromatic nitrogens is 1. The molecule has 0 aliphatic heterocycles. The molecule has 0 spiro atoms. The summed E-state index contributed by atoms with van der Waals surface area (Å²) in [6.45, 7) is 7.12. The Morgan fingerprint density at radius 3 is 2.83 bits per heavy atom. The van der Waals surface area contributed by atoms with Crippen LogP contribution in [0.1, 0.15) is 38.7 Å². The summed E-state index contributed by atoms with van der Waals surface area (Å²) < 4.78 is 5.58. The normalized spacial score (nSPS) is 12.6. The van der Waals surface area contributed by atoms with Crippen LogP contribution in [0.4, 0.5) is 0 Å². The maximum atomic E-state index is 5.58. The second-order valence-electron chi connectivity index (χ2n) is 4.62. The lowest BCUT2D eigenvalue weighted by Crippen LogP contribution is -2.33.